The number of nitrogens with one attached hydrogen (secondary N) is 2. The number of hydrogen-bond donors (Lipinski definition) is 2. The number of piperidine rings is 1. The SMILES string of the molecule is C[C@@H](NC(=O)C1CCCCN1)c1ccc(Cl)cc1. The first kappa shape index (κ1) is 13.4. The van der Waals surface area contributed by atoms with Gasteiger partial charge < -0.3 is 10.6 Å². The predicted molar refractivity (Wildman–Crippen MR) is 73.7 cm³/mol. The van der Waals surface area contributed by atoms with Gasteiger partial charge in [-0.25, -0.2) is 0 Å². The maximum atomic E-state index is 12.0. The van der Waals surface area contributed by atoms with Crippen LogP contribution < -0.4 is 10.6 Å². The van der Waals surface area contributed by atoms with Crippen LogP contribution in [-0.2, 0) is 4.79 Å². The molecule has 1 unspecified atom stereocenters. The Balaban J connectivity index is 1.91. The lowest BCUT2D eigenvalue weighted by Gasteiger charge is -2.24. The van der Waals surface area contributed by atoms with E-state index in [1.54, 1.807) is 0 Å². The Kier molecular flexibility index (Phi) is 4.61. The molecule has 0 radical (unpaired) electrons. The van der Waals surface area contributed by atoms with E-state index in [1.807, 2.05) is 31.2 Å². The van der Waals surface area contributed by atoms with E-state index >= 15 is 0 Å². The zero-order chi connectivity index (χ0) is 13.0. The zero-order valence-electron chi connectivity index (χ0n) is 10.6. The fourth-order valence-electron chi connectivity index (χ4n) is 2.22. The summed E-state index contributed by atoms with van der Waals surface area (Å²) in [5.41, 5.74) is 1.07. The molecule has 0 bridgehead atoms. The molecule has 1 amide bonds. The Morgan fingerprint density at radius 1 is 1.39 bits per heavy atom. The van der Waals surface area contributed by atoms with E-state index in [2.05, 4.69) is 10.6 Å². The average Bonchev–Trinajstić information content (AvgIpc) is 2.40. The molecule has 4 heteroatoms. The topological polar surface area (TPSA) is 41.1 Å². The molecule has 1 aromatic carbocycles. The Labute approximate surface area is 113 Å². The molecule has 0 aliphatic carbocycles. The van der Waals surface area contributed by atoms with Gasteiger partial charge in [-0.15, -0.1) is 0 Å². The largest absolute Gasteiger partial charge is 0.348 e. The van der Waals surface area contributed by atoms with Crippen LogP contribution in [0.2, 0.25) is 5.02 Å². The van der Waals surface area contributed by atoms with Gasteiger partial charge in [0.05, 0.1) is 12.1 Å². The third kappa shape index (κ3) is 3.47. The third-order valence-corrected chi connectivity index (χ3v) is 3.61. The molecule has 1 aromatic rings. The van der Waals surface area contributed by atoms with Gasteiger partial charge >= 0.3 is 0 Å². The van der Waals surface area contributed by atoms with Crippen molar-refractivity contribution in [2.45, 2.75) is 38.3 Å². The van der Waals surface area contributed by atoms with E-state index in [0.717, 1.165) is 31.4 Å². The summed E-state index contributed by atoms with van der Waals surface area (Å²) in [4.78, 5) is 12.0. The van der Waals surface area contributed by atoms with Crippen LogP contribution in [0.15, 0.2) is 24.3 Å². The van der Waals surface area contributed by atoms with Crippen molar-refractivity contribution < 1.29 is 4.79 Å². The molecule has 2 atom stereocenters. The van der Waals surface area contributed by atoms with Crippen molar-refractivity contribution in [2.75, 3.05) is 6.54 Å². The minimum atomic E-state index is -0.0338. The summed E-state index contributed by atoms with van der Waals surface area (Å²) in [6, 6.07) is 7.56. The number of carbonyl (C=O) groups is 1. The molecule has 0 aromatic heterocycles. The van der Waals surface area contributed by atoms with Gasteiger partial charge in [-0.05, 0) is 44.0 Å². The minimum absolute atomic E-state index is 0.0125. The van der Waals surface area contributed by atoms with Crippen molar-refractivity contribution in [1.82, 2.24) is 10.6 Å². The molecule has 1 aliphatic heterocycles. The van der Waals surface area contributed by atoms with Crippen molar-refractivity contribution in [1.29, 1.82) is 0 Å². The van der Waals surface area contributed by atoms with Gasteiger partial charge in [0.15, 0.2) is 0 Å². The third-order valence-electron chi connectivity index (χ3n) is 3.36. The molecule has 1 saturated heterocycles. The molecular weight excluding hydrogens is 248 g/mol. The number of benzene rings is 1. The quantitative estimate of drug-likeness (QED) is 0.883. The Hall–Kier alpha value is -1.06. The van der Waals surface area contributed by atoms with E-state index in [0.29, 0.717) is 5.02 Å². The van der Waals surface area contributed by atoms with Crippen LogP contribution >= 0.6 is 11.6 Å². The van der Waals surface area contributed by atoms with E-state index in [9.17, 15) is 4.79 Å². The maximum Gasteiger partial charge on any atom is 0.237 e. The summed E-state index contributed by atoms with van der Waals surface area (Å²) < 4.78 is 0. The van der Waals surface area contributed by atoms with Gasteiger partial charge in [0.25, 0.3) is 0 Å². The zero-order valence-corrected chi connectivity index (χ0v) is 11.3. The smallest absolute Gasteiger partial charge is 0.237 e. The summed E-state index contributed by atoms with van der Waals surface area (Å²) in [5.74, 6) is 0.0946. The summed E-state index contributed by atoms with van der Waals surface area (Å²) >= 11 is 5.85. The van der Waals surface area contributed by atoms with Crippen LogP contribution in [0.3, 0.4) is 0 Å². The highest BCUT2D eigenvalue weighted by Crippen LogP contribution is 2.16. The lowest BCUT2D eigenvalue weighted by molar-refractivity contribution is -0.124. The summed E-state index contributed by atoms with van der Waals surface area (Å²) in [6.07, 6.45) is 3.22. The van der Waals surface area contributed by atoms with Gasteiger partial charge in [-0.2, -0.15) is 0 Å². The highest BCUT2D eigenvalue weighted by molar-refractivity contribution is 6.30. The highest BCUT2D eigenvalue weighted by Gasteiger charge is 2.21. The van der Waals surface area contributed by atoms with Gasteiger partial charge in [0, 0.05) is 5.02 Å². The van der Waals surface area contributed by atoms with E-state index in [-0.39, 0.29) is 18.0 Å². The van der Waals surface area contributed by atoms with Crippen LogP contribution in [-0.4, -0.2) is 18.5 Å². The normalized spacial score (nSPS) is 21.3. The first-order valence-electron chi connectivity index (χ1n) is 6.46. The first-order valence-corrected chi connectivity index (χ1v) is 6.84. The molecule has 0 spiro atoms. The van der Waals surface area contributed by atoms with Crippen molar-refractivity contribution >= 4 is 17.5 Å². The fourth-order valence-corrected chi connectivity index (χ4v) is 2.35. The lowest BCUT2D eigenvalue weighted by Crippen LogP contribution is -2.47. The van der Waals surface area contributed by atoms with Crippen molar-refractivity contribution in [3.8, 4) is 0 Å². The van der Waals surface area contributed by atoms with Crippen LogP contribution in [0.5, 0.6) is 0 Å². The van der Waals surface area contributed by atoms with Crippen molar-refractivity contribution in [3.05, 3.63) is 34.9 Å². The average molecular weight is 267 g/mol. The molecular formula is C14H19ClN2O. The molecule has 1 aliphatic rings. The number of hydrogen-bond acceptors (Lipinski definition) is 2. The van der Waals surface area contributed by atoms with E-state index < -0.39 is 0 Å². The molecule has 1 fully saturated rings. The molecule has 2 N–H and O–H groups in total. The number of halogens is 1. The van der Waals surface area contributed by atoms with E-state index in [4.69, 9.17) is 11.6 Å². The number of amides is 1. The molecule has 18 heavy (non-hydrogen) atoms. The van der Waals surface area contributed by atoms with Gasteiger partial charge in [0.1, 0.15) is 0 Å². The van der Waals surface area contributed by atoms with Gasteiger partial charge in [-0.3, -0.25) is 4.79 Å². The van der Waals surface area contributed by atoms with Gasteiger partial charge in [0.2, 0.25) is 5.91 Å². The van der Waals surface area contributed by atoms with Crippen molar-refractivity contribution in [2.24, 2.45) is 0 Å². The minimum Gasteiger partial charge on any atom is -0.348 e. The van der Waals surface area contributed by atoms with Crippen LogP contribution in [0.25, 0.3) is 0 Å². The molecule has 98 valence electrons. The summed E-state index contributed by atoms with van der Waals surface area (Å²) in [5, 5.41) is 7.01. The Morgan fingerprint density at radius 3 is 2.72 bits per heavy atom. The standard InChI is InChI=1S/C14H19ClN2O/c1-10(11-5-7-12(15)8-6-11)17-14(18)13-4-2-3-9-16-13/h5-8,10,13,16H,2-4,9H2,1H3,(H,17,18)/t10-,13?/m1/s1. The Morgan fingerprint density at radius 2 is 2.11 bits per heavy atom. The van der Waals surface area contributed by atoms with Crippen LogP contribution in [0.1, 0.15) is 37.8 Å². The molecule has 3 nitrogen and oxygen atoms in total. The Bertz CT molecular complexity index is 399. The van der Waals surface area contributed by atoms with Crippen LogP contribution in [0, 0.1) is 0 Å². The first-order chi connectivity index (χ1) is 8.66. The maximum absolute atomic E-state index is 12.0. The lowest BCUT2D eigenvalue weighted by atomic mass is 10.0. The summed E-state index contributed by atoms with van der Waals surface area (Å²) in [7, 11) is 0. The van der Waals surface area contributed by atoms with E-state index in [1.165, 1.54) is 0 Å². The second-order valence-corrected chi connectivity index (χ2v) is 5.22. The number of rotatable bonds is 3. The summed E-state index contributed by atoms with van der Waals surface area (Å²) in [6.45, 7) is 2.93. The predicted octanol–water partition coefficient (Wildman–Crippen LogP) is 2.66. The van der Waals surface area contributed by atoms with Gasteiger partial charge in [-0.1, -0.05) is 30.2 Å². The second-order valence-electron chi connectivity index (χ2n) is 4.78. The molecule has 0 saturated carbocycles. The molecule has 2 rings (SSSR count). The second kappa shape index (κ2) is 6.21. The number of carbonyl (C=O) groups excluding carboxylic acids is 1. The fraction of sp³-hybridized carbons (Fsp3) is 0.500. The van der Waals surface area contributed by atoms with Crippen LogP contribution in [0.4, 0.5) is 0 Å². The monoisotopic (exact) mass is 266 g/mol. The molecule has 1 heterocycles. The highest BCUT2D eigenvalue weighted by atomic mass is 35.5. The van der Waals surface area contributed by atoms with Crippen molar-refractivity contribution in [3.63, 3.8) is 0 Å².